The quantitative estimate of drug-likeness (QED) is 0.501. The molecule has 1 fully saturated rings. The summed E-state index contributed by atoms with van der Waals surface area (Å²) < 4.78 is 8.31. The summed E-state index contributed by atoms with van der Waals surface area (Å²) in [6.45, 7) is 5.67. The van der Waals surface area contributed by atoms with Gasteiger partial charge in [-0.2, -0.15) is 4.52 Å². The lowest BCUT2D eigenvalue weighted by Gasteiger charge is -2.27. The summed E-state index contributed by atoms with van der Waals surface area (Å²) >= 11 is 1.54. The van der Waals surface area contributed by atoms with Crippen LogP contribution in [0.3, 0.4) is 0 Å². The summed E-state index contributed by atoms with van der Waals surface area (Å²) in [5.74, 6) is 0.851. The number of aryl methyl sites for hydroxylation is 2. The number of carbonyl (C=O) groups excluding carboxylic acids is 1. The maximum atomic E-state index is 13.4. The predicted octanol–water partition coefficient (Wildman–Crippen LogP) is 3.25. The van der Waals surface area contributed by atoms with E-state index >= 15 is 0 Å². The normalized spacial score (nSPS) is 14.8. The lowest BCUT2D eigenvalue weighted by molar-refractivity contribution is -0.132. The number of rotatable bonds is 4. The van der Waals surface area contributed by atoms with E-state index in [-0.39, 0.29) is 18.1 Å². The molecular weight excluding hydrogens is 402 g/mol. The van der Waals surface area contributed by atoms with Crippen LogP contribution in [-0.2, 0) is 17.8 Å². The average Bonchev–Trinajstić information content (AvgIpc) is 3.49. The third-order valence-corrected chi connectivity index (χ3v) is 6.95. The second-order valence-corrected chi connectivity index (χ2v) is 8.83. The standard InChI is InChI=1S/C21H23N5O3S/c1-3-14-13(2)30-20-17(14)19-22-18(15-8-7-11-29-15)23-26(19)21(28)25(20)12-16(27)24-9-5-4-6-10-24/h7-8,11H,3-6,9-10,12H2,1-2H3. The van der Waals surface area contributed by atoms with E-state index in [0.29, 0.717) is 17.2 Å². The van der Waals surface area contributed by atoms with E-state index in [2.05, 4.69) is 17.0 Å². The summed E-state index contributed by atoms with van der Waals surface area (Å²) in [5, 5.41) is 5.33. The van der Waals surface area contributed by atoms with Gasteiger partial charge >= 0.3 is 5.69 Å². The summed E-state index contributed by atoms with van der Waals surface area (Å²) in [6, 6.07) is 3.53. The first kappa shape index (κ1) is 19.0. The SMILES string of the molecule is CCc1c(C)sc2c1c1nc(-c3ccco3)nn1c(=O)n2CC(=O)N1CCCCC1. The Balaban J connectivity index is 1.72. The van der Waals surface area contributed by atoms with E-state index in [1.165, 1.54) is 4.52 Å². The van der Waals surface area contributed by atoms with Crippen molar-refractivity contribution in [3.63, 3.8) is 0 Å². The van der Waals surface area contributed by atoms with Crippen LogP contribution in [-0.4, -0.2) is 43.1 Å². The molecule has 1 aliphatic heterocycles. The summed E-state index contributed by atoms with van der Waals surface area (Å²) in [4.78, 5) is 34.8. The molecule has 0 saturated carbocycles. The molecule has 1 amide bonds. The fraction of sp³-hybridized carbons (Fsp3) is 0.429. The Kier molecular flexibility index (Phi) is 4.69. The molecule has 0 atom stereocenters. The molecule has 5 rings (SSSR count). The third-order valence-electron chi connectivity index (χ3n) is 5.78. The smallest absolute Gasteiger partial charge is 0.352 e. The molecule has 1 saturated heterocycles. The topological polar surface area (TPSA) is 85.6 Å². The average molecular weight is 426 g/mol. The summed E-state index contributed by atoms with van der Waals surface area (Å²) in [5.41, 5.74) is 1.30. The van der Waals surface area contributed by atoms with Gasteiger partial charge in [-0.3, -0.25) is 9.36 Å². The fourth-order valence-electron chi connectivity index (χ4n) is 4.25. The van der Waals surface area contributed by atoms with E-state index < -0.39 is 0 Å². The monoisotopic (exact) mass is 425 g/mol. The molecule has 30 heavy (non-hydrogen) atoms. The first-order chi connectivity index (χ1) is 14.6. The van der Waals surface area contributed by atoms with Gasteiger partial charge in [0.2, 0.25) is 11.7 Å². The number of aromatic nitrogens is 4. The fourth-order valence-corrected chi connectivity index (χ4v) is 5.47. The van der Waals surface area contributed by atoms with Crippen molar-refractivity contribution in [2.75, 3.05) is 13.1 Å². The van der Waals surface area contributed by atoms with Gasteiger partial charge in [-0.25, -0.2) is 9.78 Å². The maximum absolute atomic E-state index is 13.4. The van der Waals surface area contributed by atoms with Crippen LogP contribution < -0.4 is 5.69 Å². The molecule has 8 nitrogen and oxygen atoms in total. The lowest BCUT2D eigenvalue weighted by atomic mass is 10.1. The van der Waals surface area contributed by atoms with Crippen molar-refractivity contribution in [2.24, 2.45) is 0 Å². The van der Waals surface area contributed by atoms with Crippen LogP contribution >= 0.6 is 11.3 Å². The van der Waals surface area contributed by atoms with Gasteiger partial charge in [0.1, 0.15) is 11.4 Å². The molecule has 4 aromatic heterocycles. The lowest BCUT2D eigenvalue weighted by Crippen LogP contribution is -2.40. The largest absolute Gasteiger partial charge is 0.461 e. The molecule has 156 valence electrons. The first-order valence-corrected chi connectivity index (χ1v) is 11.1. The number of furan rings is 1. The van der Waals surface area contributed by atoms with Gasteiger partial charge in [-0.1, -0.05) is 6.92 Å². The second kappa shape index (κ2) is 7.39. The highest BCUT2D eigenvalue weighted by molar-refractivity contribution is 7.19. The van der Waals surface area contributed by atoms with Crippen molar-refractivity contribution in [3.05, 3.63) is 39.3 Å². The molecule has 0 unspecified atom stereocenters. The zero-order valence-electron chi connectivity index (χ0n) is 17.1. The van der Waals surface area contributed by atoms with Crippen LogP contribution in [0.4, 0.5) is 0 Å². The molecule has 0 aliphatic carbocycles. The molecular formula is C21H23N5O3S. The van der Waals surface area contributed by atoms with Crippen LogP contribution in [0.1, 0.15) is 36.6 Å². The predicted molar refractivity (Wildman–Crippen MR) is 115 cm³/mol. The highest BCUT2D eigenvalue weighted by Gasteiger charge is 2.24. The Morgan fingerprint density at radius 3 is 2.77 bits per heavy atom. The van der Waals surface area contributed by atoms with Gasteiger partial charge in [0.05, 0.1) is 11.6 Å². The number of fused-ring (bicyclic) bond motifs is 3. The van der Waals surface area contributed by atoms with Crippen molar-refractivity contribution in [1.29, 1.82) is 0 Å². The Morgan fingerprint density at radius 2 is 2.07 bits per heavy atom. The van der Waals surface area contributed by atoms with Crippen molar-refractivity contribution >= 4 is 33.1 Å². The number of piperidine rings is 1. The minimum absolute atomic E-state index is 0.0182. The van der Waals surface area contributed by atoms with E-state index in [0.717, 1.165) is 59.4 Å². The highest BCUT2D eigenvalue weighted by Crippen LogP contribution is 2.33. The number of nitrogens with zero attached hydrogens (tertiary/aromatic N) is 5. The van der Waals surface area contributed by atoms with Gasteiger partial charge in [0, 0.05) is 18.0 Å². The molecule has 0 N–H and O–H groups in total. The van der Waals surface area contributed by atoms with Crippen LogP contribution in [0.15, 0.2) is 27.6 Å². The van der Waals surface area contributed by atoms with E-state index in [4.69, 9.17) is 4.42 Å². The van der Waals surface area contributed by atoms with E-state index in [1.54, 1.807) is 34.3 Å². The first-order valence-electron chi connectivity index (χ1n) is 10.3. The van der Waals surface area contributed by atoms with Crippen molar-refractivity contribution in [3.8, 4) is 11.6 Å². The van der Waals surface area contributed by atoms with Crippen LogP contribution in [0.2, 0.25) is 0 Å². The third kappa shape index (κ3) is 2.96. The summed E-state index contributed by atoms with van der Waals surface area (Å²) in [7, 11) is 0. The van der Waals surface area contributed by atoms with Crippen molar-refractivity contribution in [2.45, 2.75) is 46.1 Å². The number of thiophene rings is 1. The van der Waals surface area contributed by atoms with Gasteiger partial charge in [0.15, 0.2) is 11.4 Å². The molecule has 1 aliphatic rings. The maximum Gasteiger partial charge on any atom is 0.352 e. The number of likely N-dealkylation sites (tertiary alicyclic amines) is 1. The van der Waals surface area contributed by atoms with Crippen LogP contribution in [0, 0.1) is 6.92 Å². The summed E-state index contributed by atoms with van der Waals surface area (Å²) in [6.07, 6.45) is 5.55. The van der Waals surface area contributed by atoms with Crippen molar-refractivity contribution < 1.29 is 9.21 Å². The minimum atomic E-state index is -0.350. The van der Waals surface area contributed by atoms with Crippen LogP contribution in [0.25, 0.3) is 27.4 Å². The zero-order valence-corrected chi connectivity index (χ0v) is 17.9. The zero-order chi connectivity index (χ0) is 20.8. The Labute approximate surface area is 176 Å². The van der Waals surface area contributed by atoms with E-state index in [1.807, 2.05) is 11.8 Å². The molecule has 9 heteroatoms. The molecule has 4 aromatic rings. The number of amides is 1. The highest BCUT2D eigenvalue weighted by atomic mass is 32.1. The van der Waals surface area contributed by atoms with Crippen LogP contribution in [0.5, 0.6) is 0 Å². The molecule has 0 spiro atoms. The van der Waals surface area contributed by atoms with Gasteiger partial charge in [-0.15, -0.1) is 16.4 Å². The number of hydrogen-bond acceptors (Lipinski definition) is 6. The Morgan fingerprint density at radius 1 is 1.27 bits per heavy atom. The Bertz CT molecular complexity index is 1290. The van der Waals surface area contributed by atoms with Gasteiger partial charge < -0.3 is 9.32 Å². The van der Waals surface area contributed by atoms with Crippen molar-refractivity contribution in [1.82, 2.24) is 24.1 Å². The number of carbonyl (C=O) groups is 1. The van der Waals surface area contributed by atoms with Gasteiger partial charge in [0.25, 0.3) is 0 Å². The molecule has 5 heterocycles. The molecule has 0 aromatic carbocycles. The number of hydrogen-bond donors (Lipinski definition) is 0. The Hall–Kier alpha value is -2.94. The van der Waals surface area contributed by atoms with Gasteiger partial charge in [-0.05, 0) is 50.3 Å². The second-order valence-electron chi connectivity index (χ2n) is 7.63. The molecule has 0 bridgehead atoms. The van der Waals surface area contributed by atoms with E-state index in [9.17, 15) is 9.59 Å². The minimum Gasteiger partial charge on any atom is -0.461 e. The molecule has 0 radical (unpaired) electrons.